The number of piperazine rings is 1. The van der Waals surface area contributed by atoms with Gasteiger partial charge >= 0.3 is 5.97 Å². The van der Waals surface area contributed by atoms with Crippen LogP contribution in [0.3, 0.4) is 0 Å². The molecule has 6 nitrogen and oxygen atoms in total. The van der Waals surface area contributed by atoms with Crippen molar-refractivity contribution in [2.45, 2.75) is 25.7 Å². The maximum Gasteiger partial charge on any atom is 0.306 e. The van der Waals surface area contributed by atoms with Crippen molar-refractivity contribution in [1.82, 2.24) is 9.80 Å². The highest BCUT2D eigenvalue weighted by molar-refractivity contribution is 5.94. The topological polar surface area (TPSA) is 77.9 Å². The van der Waals surface area contributed by atoms with Crippen LogP contribution in [0.2, 0.25) is 0 Å². The van der Waals surface area contributed by atoms with E-state index >= 15 is 0 Å². The number of benzene rings is 1. The molecule has 1 saturated carbocycles. The smallest absolute Gasteiger partial charge is 0.306 e. The second kappa shape index (κ2) is 8.02. The normalized spacial score (nSPS) is 23.2. The van der Waals surface area contributed by atoms with Crippen LogP contribution in [-0.2, 0) is 9.59 Å². The van der Waals surface area contributed by atoms with E-state index in [1.54, 1.807) is 4.90 Å². The number of rotatable bonds is 3. The lowest BCUT2D eigenvalue weighted by atomic mass is 9.81. The molecule has 2 fully saturated rings. The van der Waals surface area contributed by atoms with Gasteiger partial charge in [-0.1, -0.05) is 0 Å². The van der Waals surface area contributed by atoms with Gasteiger partial charge in [0.25, 0.3) is 5.91 Å². The molecule has 1 aliphatic carbocycles. The van der Waals surface area contributed by atoms with Crippen LogP contribution in [0.25, 0.3) is 0 Å². The summed E-state index contributed by atoms with van der Waals surface area (Å²) in [5.74, 6) is -3.49. The number of carboxylic acids is 1. The lowest BCUT2D eigenvalue weighted by molar-refractivity contribution is -0.146. The van der Waals surface area contributed by atoms with Crippen LogP contribution >= 0.6 is 0 Å². The lowest BCUT2D eigenvalue weighted by Gasteiger charge is -2.37. The zero-order chi connectivity index (χ0) is 19.6. The Bertz CT molecular complexity index is 739. The molecule has 1 aromatic rings. The van der Waals surface area contributed by atoms with E-state index in [0.29, 0.717) is 44.8 Å². The van der Waals surface area contributed by atoms with E-state index in [9.17, 15) is 23.2 Å². The molecule has 0 aromatic heterocycles. The molecular weight excluding hydrogens is 358 g/mol. The Hall–Kier alpha value is -2.51. The van der Waals surface area contributed by atoms with Gasteiger partial charge in [0.05, 0.1) is 11.5 Å². The van der Waals surface area contributed by atoms with Crippen molar-refractivity contribution in [2.75, 3.05) is 26.2 Å². The van der Waals surface area contributed by atoms with E-state index in [0.717, 1.165) is 12.1 Å². The molecule has 2 aliphatic rings. The largest absolute Gasteiger partial charge is 0.481 e. The summed E-state index contributed by atoms with van der Waals surface area (Å²) in [7, 11) is 0. The Morgan fingerprint density at radius 1 is 0.889 bits per heavy atom. The molecule has 3 rings (SSSR count). The summed E-state index contributed by atoms with van der Waals surface area (Å²) in [4.78, 5) is 39.2. The third-order valence-corrected chi connectivity index (χ3v) is 5.47. The van der Waals surface area contributed by atoms with Crippen molar-refractivity contribution in [2.24, 2.45) is 11.8 Å². The zero-order valence-electron chi connectivity index (χ0n) is 14.9. The Kier molecular flexibility index (Phi) is 5.72. The number of halogens is 2. The Labute approximate surface area is 155 Å². The number of carbonyl (C=O) groups is 3. The molecule has 0 atom stereocenters. The van der Waals surface area contributed by atoms with E-state index in [4.69, 9.17) is 5.11 Å². The number of hydrogen-bond acceptors (Lipinski definition) is 3. The second-order valence-electron chi connectivity index (χ2n) is 7.13. The maximum absolute atomic E-state index is 13.8. The Morgan fingerprint density at radius 3 is 2.00 bits per heavy atom. The molecule has 146 valence electrons. The van der Waals surface area contributed by atoms with Gasteiger partial charge in [-0.3, -0.25) is 14.4 Å². The molecule has 1 N–H and O–H groups in total. The van der Waals surface area contributed by atoms with E-state index < -0.39 is 23.5 Å². The third-order valence-electron chi connectivity index (χ3n) is 5.47. The molecule has 1 saturated heterocycles. The fourth-order valence-corrected chi connectivity index (χ4v) is 3.81. The molecule has 8 heteroatoms. The van der Waals surface area contributed by atoms with E-state index in [-0.39, 0.29) is 36.4 Å². The van der Waals surface area contributed by atoms with Gasteiger partial charge in [0.1, 0.15) is 11.6 Å². The molecule has 1 aromatic carbocycles. The predicted octanol–water partition coefficient (Wildman–Crippen LogP) is 2.14. The summed E-state index contributed by atoms with van der Waals surface area (Å²) in [5, 5.41) is 9.04. The first-order valence-electron chi connectivity index (χ1n) is 9.12. The molecule has 0 spiro atoms. The minimum Gasteiger partial charge on any atom is -0.481 e. The van der Waals surface area contributed by atoms with Crippen molar-refractivity contribution in [3.8, 4) is 0 Å². The molecular formula is C19H22F2N2O4. The van der Waals surface area contributed by atoms with Gasteiger partial charge in [0.2, 0.25) is 5.91 Å². The number of amides is 2. The van der Waals surface area contributed by atoms with Gasteiger partial charge < -0.3 is 14.9 Å². The van der Waals surface area contributed by atoms with Crippen molar-refractivity contribution < 1.29 is 28.3 Å². The zero-order valence-corrected chi connectivity index (χ0v) is 14.9. The maximum atomic E-state index is 13.8. The summed E-state index contributed by atoms with van der Waals surface area (Å²) in [6.45, 7) is 1.27. The fourth-order valence-electron chi connectivity index (χ4n) is 3.81. The molecule has 2 amide bonds. The summed E-state index contributed by atoms with van der Waals surface area (Å²) in [5.41, 5.74) is -0.178. The van der Waals surface area contributed by atoms with Crippen LogP contribution in [0.5, 0.6) is 0 Å². The summed E-state index contributed by atoms with van der Waals surface area (Å²) in [6.07, 6.45) is 2.15. The highest BCUT2D eigenvalue weighted by Gasteiger charge is 2.34. The fraction of sp³-hybridized carbons (Fsp3) is 0.526. The lowest BCUT2D eigenvalue weighted by Crippen LogP contribution is -2.52. The number of carbonyl (C=O) groups excluding carboxylic acids is 2. The van der Waals surface area contributed by atoms with Gasteiger partial charge in [0, 0.05) is 38.2 Å². The first-order chi connectivity index (χ1) is 12.9. The van der Waals surface area contributed by atoms with E-state index in [2.05, 4.69) is 0 Å². The monoisotopic (exact) mass is 380 g/mol. The highest BCUT2D eigenvalue weighted by atomic mass is 19.1. The molecule has 1 heterocycles. The first-order valence-corrected chi connectivity index (χ1v) is 9.12. The summed E-state index contributed by atoms with van der Waals surface area (Å²) >= 11 is 0. The second-order valence-corrected chi connectivity index (χ2v) is 7.13. The van der Waals surface area contributed by atoms with Crippen LogP contribution in [0, 0.1) is 23.5 Å². The van der Waals surface area contributed by atoms with Gasteiger partial charge in [0.15, 0.2) is 0 Å². The Balaban J connectivity index is 1.53. The third kappa shape index (κ3) is 4.26. The van der Waals surface area contributed by atoms with Crippen LogP contribution in [0.15, 0.2) is 18.2 Å². The SMILES string of the molecule is O=C(O)C1CCC(C(=O)N2CCN(C(=O)c3ccc(F)cc3F)CC2)CC1. The van der Waals surface area contributed by atoms with Gasteiger partial charge in [-0.05, 0) is 37.8 Å². The predicted molar refractivity (Wildman–Crippen MR) is 91.9 cm³/mol. The number of hydrogen-bond donors (Lipinski definition) is 1. The van der Waals surface area contributed by atoms with Gasteiger partial charge in [-0.25, -0.2) is 8.78 Å². The number of carboxylic acid groups (broad SMARTS) is 1. The quantitative estimate of drug-likeness (QED) is 0.872. The number of aliphatic carboxylic acids is 1. The molecule has 0 radical (unpaired) electrons. The van der Waals surface area contributed by atoms with Crippen LogP contribution in [0.1, 0.15) is 36.0 Å². The standard InChI is InChI=1S/C19H22F2N2O4/c20-14-5-6-15(16(21)11-14)18(25)23-9-7-22(8-10-23)17(24)12-1-3-13(4-2-12)19(26)27/h5-6,11-13H,1-4,7-10H2,(H,26,27). The van der Waals surface area contributed by atoms with Gasteiger partial charge in [-0.15, -0.1) is 0 Å². The highest BCUT2D eigenvalue weighted by Crippen LogP contribution is 2.30. The van der Waals surface area contributed by atoms with Crippen LogP contribution in [0.4, 0.5) is 8.78 Å². The van der Waals surface area contributed by atoms with Gasteiger partial charge in [-0.2, -0.15) is 0 Å². The van der Waals surface area contributed by atoms with Crippen molar-refractivity contribution in [1.29, 1.82) is 0 Å². The number of nitrogens with zero attached hydrogens (tertiary/aromatic N) is 2. The van der Waals surface area contributed by atoms with Crippen LogP contribution < -0.4 is 0 Å². The Morgan fingerprint density at radius 2 is 1.44 bits per heavy atom. The minimum atomic E-state index is -0.895. The summed E-state index contributed by atoms with van der Waals surface area (Å²) < 4.78 is 26.8. The molecule has 27 heavy (non-hydrogen) atoms. The average Bonchev–Trinajstić information content (AvgIpc) is 2.67. The van der Waals surface area contributed by atoms with Crippen molar-refractivity contribution in [3.05, 3.63) is 35.4 Å². The molecule has 0 unspecified atom stereocenters. The summed E-state index contributed by atoms with van der Waals surface area (Å²) in [6, 6.07) is 2.86. The minimum absolute atomic E-state index is 0.00102. The molecule has 0 bridgehead atoms. The van der Waals surface area contributed by atoms with E-state index in [1.165, 1.54) is 4.90 Å². The van der Waals surface area contributed by atoms with Crippen molar-refractivity contribution >= 4 is 17.8 Å². The van der Waals surface area contributed by atoms with E-state index in [1.807, 2.05) is 0 Å². The average molecular weight is 380 g/mol. The molecule has 1 aliphatic heterocycles. The van der Waals surface area contributed by atoms with Crippen LogP contribution in [-0.4, -0.2) is 58.9 Å². The van der Waals surface area contributed by atoms with Crippen molar-refractivity contribution in [3.63, 3.8) is 0 Å². The first kappa shape index (κ1) is 19.3.